The molecule has 0 radical (unpaired) electrons. The molecule has 6 nitrogen and oxygen atoms in total. The summed E-state index contributed by atoms with van der Waals surface area (Å²) >= 11 is 0. The molecular weight excluding hydrogens is 278 g/mol. The fourth-order valence-corrected chi connectivity index (χ4v) is 3.07. The molecule has 0 aliphatic heterocycles. The molecule has 0 saturated heterocycles. The van der Waals surface area contributed by atoms with Crippen molar-refractivity contribution in [2.45, 2.75) is 49.6 Å². The first-order valence-corrected chi connectivity index (χ1v) is 8.52. The smallest absolute Gasteiger partial charge is 0.270 e. The molecule has 2 aliphatic carbocycles. The van der Waals surface area contributed by atoms with Gasteiger partial charge in [-0.3, -0.25) is 4.79 Å². The second-order valence-electron chi connectivity index (χ2n) is 5.57. The number of nitrogens with two attached hydrogens (primary N) is 1. The van der Waals surface area contributed by atoms with Crippen LogP contribution in [0.4, 0.5) is 0 Å². The fraction of sp³-hybridized carbons (Fsp3) is 0.615. The van der Waals surface area contributed by atoms with E-state index in [2.05, 4.69) is 0 Å². The number of nitrogens with zero attached hydrogens (tertiary/aromatic N) is 2. The lowest BCUT2D eigenvalue weighted by atomic mass is 10.3. The Morgan fingerprint density at radius 3 is 2.50 bits per heavy atom. The molecule has 20 heavy (non-hydrogen) atoms. The summed E-state index contributed by atoms with van der Waals surface area (Å²) in [6, 6.07) is 1.97. The predicted molar refractivity (Wildman–Crippen MR) is 73.8 cm³/mol. The normalized spacial score (nSPS) is 19.1. The van der Waals surface area contributed by atoms with Crippen LogP contribution in [0, 0.1) is 0 Å². The van der Waals surface area contributed by atoms with E-state index >= 15 is 0 Å². The highest BCUT2D eigenvalue weighted by atomic mass is 32.2. The molecule has 0 atom stereocenters. The largest absolute Gasteiger partial charge is 0.339 e. The van der Waals surface area contributed by atoms with Crippen LogP contribution < -0.4 is 5.14 Å². The first-order chi connectivity index (χ1) is 9.41. The van der Waals surface area contributed by atoms with Crippen LogP contribution in [0.1, 0.15) is 49.1 Å². The zero-order valence-electron chi connectivity index (χ0n) is 11.4. The molecule has 2 saturated carbocycles. The minimum absolute atomic E-state index is 0.0274. The minimum atomic E-state index is -3.77. The molecule has 1 heterocycles. The number of rotatable bonds is 5. The maximum absolute atomic E-state index is 12.6. The molecule has 110 valence electrons. The van der Waals surface area contributed by atoms with Gasteiger partial charge in [0.05, 0.1) is 0 Å². The highest BCUT2D eigenvalue weighted by molar-refractivity contribution is 7.89. The van der Waals surface area contributed by atoms with E-state index < -0.39 is 10.0 Å². The standard InChI is InChI=1S/C13H19N3O3S/c1-2-15(9-3-4-9)13(17)12-7-11(20(14,18)19)8-16(12)10-5-6-10/h7-10H,2-6H2,1H3,(H2,14,18,19). The summed E-state index contributed by atoms with van der Waals surface area (Å²) in [5, 5.41) is 5.17. The SMILES string of the molecule is CCN(C(=O)c1cc(S(N)(=O)=O)cn1C1CC1)C1CC1. The summed E-state index contributed by atoms with van der Waals surface area (Å²) in [5.41, 5.74) is 0.449. The van der Waals surface area contributed by atoms with Crippen LogP contribution >= 0.6 is 0 Å². The van der Waals surface area contributed by atoms with Gasteiger partial charge in [0.15, 0.2) is 0 Å². The van der Waals surface area contributed by atoms with E-state index in [1.807, 2.05) is 11.8 Å². The Morgan fingerprint density at radius 2 is 2.05 bits per heavy atom. The molecule has 1 amide bonds. The van der Waals surface area contributed by atoms with Gasteiger partial charge in [0.2, 0.25) is 10.0 Å². The molecule has 0 aromatic carbocycles. The maximum Gasteiger partial charge on any atom is 0.270 e. The molecule has 0 unspecified atom stereocenters. The van der Waals surface area contributed by atoms with E-state index in [4.69, 9.17) is 5.14 Å². The number of sulfonamides is 1. The number of amides is 1. The minimum Gasteiger partial charge on any atom is -0.339 e. The molecule has 0 spiro atoms. The summed E-state index contributed by atoms with van der Waals surface area (Å²) in [7, 11) is -3.77. The first-order valence-electron chi connectivity index (χ1n) is 6.97. The van der Waals surface area contributed by atoms with Gasteiger partial charge >= 0.3 is 0 Å². The lowest BCUT2D eigenvalue weighted by Gasteiger charge is -2.21. The molecular formula is C13H19N3O3S. The third-order valence-corrected chi connectivity index (χ3v) is 4.78. The third kappa shape index (κ3) is 2.47. The molecule has 1 aromatic rings. The fourth-order valence-electron chi connectivity index (χ4n) is 2.54. The van der Waals surface area contributed by atoms with E-state index in [1.165, 1.54) is 12.3 Å². The van der Waals surface area contributed by atoms with Crippen LogP contribution in [0.3, 0.4) is 0 Å². The van der Waals surface area contributed by atoms with Crippen LogP contribution in [-0.2, 0) is 10.0 Å². The van der Waals surface area contributed by atoms with E-state index in [0.29, 0.717) is 18.3 Å². The van der Waals surface area contributed by atoms with Crippen molar-refractivity contribution in [3.05, 3.63) is 18.0 Å². The second-order valence-corrected chi connectivity index (χ2v) is 7.13. The zero-order chi connectivity index (χ0) is 14.5. The highest BCUT2D eigenvalue weighted by Crippen LogP contribution is 2.38. The second kappa shape index (κ2) is 4.60. The summed E-state index contributed by atoms with van der Waals surface area (Å²) in [5.74, 6) is -0.0863. The Morgan fingerprint density at radius 1 is 1.40 bits per heavy atom. The van der Waals surface area contributed by atoms with Crippen LogP contribution in [0.15, 0.2) is 17.2 Å². The van der Waals surface area contributed by atoms with Gasteiger partial charge in [-0.05, 0) is 38.7 Å². The number of hydrogen-bond acceptors (Lipinski definition) is 3. The van der Waals surface area contributed by atoms with E-state index in [-0.39, 0.29) is 16.8 Å². The van der Waals surface area contributed by atoms with E-state index in [9.17, 15) is 13.2 Å². The monoisotopic (exact) mass is 297 g/mol. The van der Waals surface area contributed by atoms with Gasteiger partial charge in [-0.15, -0.1) is 0 Å². The number of carbonyl (C=O) groups excluding carboxylic acids is 1. The van der Waals surface area contributed by atoms with Gasteiger partial charge in [0, 0.05) is 24.8 Å². The molecule has 1 aromatic heterocycles. The molecule has 3 rings (SSSR count). The van der Waals surface area contributed by atoms with Crippen LogP contribution in [0.25, 0.3) is 0 Å². The molecule has 0 bridgehead atoms. The van der Waals surface area contributed by atoms with Crippen LogP contribution in [0.2, 0.25) is 0 Å². The van der Waals surface area contributed by atoms with E-state index in [0.717, 1.165) is 25.7 Å². The summed E-state index contributed by atoms with van der Waals surface area (Å²) < 4.78 is 24.8. The summed E-state index contributed by atoms with van der Waals surface area (Å²) in [6.45, 7) is 2.59. The third-order valence-electron chi connectivity index (χ3n) is 3.90. The van der Waals surface area contributed by atoms with Crippen molar-refractivity contribution in [3.8, 4) is 0 Å². The van der Waals surface area contributed by atoms with Crippen molar-refractivity contribution in [2.24, 2.45) is 5.14 Å². The highest BCUT2D eigenvalue weighted by Gasteiger charge is 2.36. The zero-order valence-corrected chi connectivity index (χ0v) is 12.3. The van der Waals surface area contributed by atoms with Crippen LogP contribution in [-0.4, -0.2) is 36.4 Å². The van der Waals surface area contributed by atoms with Gasteiger partial charge < -0.3 is 9.47 Å². The topological polar surface area (TPSA) is 85.4 Å². The average molecular weight is 297 g/mol. The van der Waals surface area contributed by atoms with Crippen molar-refractivity contribution in [1.82, 2.24) is 9.47 Å². The maximum atomic E-state index is 12.6. The Balaban J connectivity index is 1.98. The predicted octanol–water partition coefficient (Wildman–Crippen LogP) is 1.09. The van der Waals surface area contributed by atoms with Gasteiger partial charge in [0.25, 0.3) is 5.91 Å². The van der Waals surface area contributed by atoms with Gasteiger partial charge in [0.1, 0.15) is 10.6 Å². The Bertz CT molecular complexity index is 642. The van der Waals surface area contributed by atoms with Crippen molar-refractivity contribution < 1.29 is 13.2 Å². The average Bonchev–Trinajstić information content (AvgIpc) is 3.28. The lowest BCUT2D eigenvalue weighted by Crippen LogP contribution is -2.34. The van der Waals surface area contributed by atoms with Crippen molar-refractivity contribution in [1.29, 1.82) is 0 Å². The molecule has 2 aliphatic rings. The molecule has 2 N–H and O–H groups in total. The van der Waals surface area contributed by atoms with Gasteiger partial charge in [-0.2, -0.15) is 0 Å². The molecule has 7 heteroatoms. The Labute approximate surface area is 118 Å². The van der Waals surface area contributed by atoms with Crippen LogP contribution in [0.5, 0.6) is 0 Å². The Kier molecular flexibility index (Phi) is 3.13. The number of primary sulfonamides is 1. The van der Waals surface area contributed by atoms with Crippen molar-refractivity contribution in [2.75, 3.05) is 6.54 Å². The number of aromatic nitrogens is 1. The Hall–Kier alpha value is -1.34. The van der Waals surface area contributed by atoms with Gasteiger partial charge in [-0.1, -0.05) is 0 Å². The molecule has 2 fully saturated rings. The first kappa shape index (κ1) is 13.6. The lowest BCUT2D eigenvalue weighted by molar-refractivity contribution is 0.0741. The van der Waals surface area contributed by atoms with E-state index in [1.54, 1.807) is 4.57 Å². The summed E-state index contributed by atoms with van der Waals surface area (Å²) in [4.78, 5) is 14.5. The number of carbonyl (C=O) groups is 1. The quantitative estimate of drug-likeness (QED) is 0.883. The summed E-state index contributed by atoms with van der Waals surface area (Å²) in [6.07, 6.45) is 5.53. The van der Waals surface area contributed by atoms with Gasteiger partial charge in [-0.25, -0.2) is 13.6 Å². The number of hydrogen-bond donors (Lipinski definition) is 1. The van der Waals surface area contributed by atoms with Crippen molar-refractivity contribution >= 4 is 15.9 Å². The van der Waals surface area contributed by atoms with Crippen molar-refractivity contribution in [3.63, 3.8) is 0 Å².